The number of amides is 1. The third kappa shape index (κ3) is 4.31. The normalized spacial score (nSPS) is 15.2. The highest BCUT2D eigenvalue weighted by atomic mass is 19.1. The Hall–Kier alpha value is -2.62. The maximum Gasteiger partial charge on any atom is 0.313 e. The van der Waals surface area contributed by atoms with E-state index in [9.17, 15) is 18.4 Å². The summed E-state index contributed by atoms with van der Waals surface area (Å²) in [6.07, 6.45) is 7.92. The van der Waals surface area contributed by atoms with Crippen LogP contribution in [0.3, 0.4) is 0 Å². The van der Waals surface area contributed by atoms with Gasteiger partial charge >= 0.3 is 5.97 Å². The number of benzene rings is 1. The van der Waals surface area contributed by atoms with E-state index in [1.54, 1.807) is 6.92 Å². The highest BCUT2D eigenvalue weighted by Gasteiger charge is 2.42. The van der Waals surface area contributed by atoms with E-state index in [1.165, 1.54) is 0 Å². The molecule has 0 spiro atoms. The van der Waals surface area contributed by atoms with Gasteiger partial charge in [0, 0.05) is 12.1 Å². The number of halogens is 2. The topological polar surface area (TPSA) is 64.6 Å². The minimum Gasteiger partial charge on any atom is -0.475 e. The quantitative estimate of drug-likeness (QED) is 0.596. The highest BCUT2D eigenvalue weighted by Crippen LogP contribution is 2.38. The molecule has 1 aromatic carbocycles. The summed E-state index contributed by atoms with van der Waals surface area (Å²) in [5, 5.41) is 2.59. The molecule has 0 atom stereocenters. The van der Waals surface area contributed by atoms with Crippen LogP contribution < -0.4 is 10.1 Å². The van der Waals surface area contributed by atoms with Crippen molar-refractivity contribution >= 4 is 11.9 Å². The van der Waals surface area contributed by atoms with Gasteiger partial charge in [-0.1, -0.05) is 18.8 Å². The van der Waals surface area contributed by atoms with Crippen LogP contribution in [0.15, 0.2) is 12.1 Å². The number of hydrogen-bond acceptors (Lipinski definition) is 4. The van der Waals surface area contributed by atoms with Crippen molar-refractivity contribution in [1.29, 1.82) is 0 Å². The summed E-state index contributed by atoms with van der Waals surface area (Å²) in [4.78, 5) is 24.5. The lowest BCUT2D eigenvalue weighted by molar-refractivity contribution is -0.154. The molecule has 1 saturated carbocycles. The summed E-state index contributed by atoms with van der Waals surface area (Å²) in [6.45, 7) is 1.74. The smallest absolute Gasteiger partial charge is 0.313 e. The molecule has 0 heterocycles. The summed E-state index contributed by atoms with van der Waals surface area (Å²) in [7, 11) is 0. The Morgan fingerprint density at radius 2 is 1.88 bits per heavy atom. The molecule has 7 heteroatoms. The number of hydrogen-bond donors (Lipinski definition) is 1. The first kappa shape index (κ1) is 19.7. The number of nitrogens with one attached hydrogen (secondary N) is 1. The van der Waals surface area contributed by atoms with Crippen molar-refractivity contribution in [3.63, 3.8) is 0 Å². The van der Waals surface area contributed by atoms with Crippen LogP contribution in [0.2, 0.25) is 0 Å². The average molecular weight is 365 g/mol. The van der Waals surface area contributed by atoms with E-state index in [4.69, 9.17) is 15.9 Å². The summed E-state index contributed by atoms with van der Waals surface area (Å²) in [5.41, 5.74) is -0.983. The zero-order valence-electron chi connectivity index (χ0n) is 14.6. The van der Waals surface area contributed by atoms with Crippen molar-refractivity contribution in [2.75, 3.05) is 19.8 Å². The first-order chi connectivity index (χ1) is 12.4. The van der Waals surface area contributed by atoms with Crippen LogP contribution in [0.5, 0.6) is 5.75 Å². The van der Waals surface area contributed by atoms with Gasteiger partial charge in [-0.15, -0.1) is 6.42 Å². The Labute approximate surface area is 151 Å². The molecule has 1 fully saturated rings. The fourth-order valence-electron chi connectivity index (χ4n) is 3.08. The van der Waals surface area contributed by atoms with Crippen LogP contribution in [0.1, 0.15) is 43.0 Å². The minimum atomic E-state index is -1.02. The molecule has 1 aliphatic rings. The number of carbonyl (C=O) groups is 2. The van der Waals surface area contributed by atoms with E-state index in [-0.39, 0.29) is 31.3 Å². The van der Waals surface area contributed by atoms with E-state index in [0.29, 0.717) is 12.8 Å². The van der Waals surface area contributed by atoms with Gasteiger partial charge in [-0.25, -0.2) is 8.78 Å². The fourth-order valence-corrected chi connectivity index (χ4v) is 3.08. The molecule has 1 aliphatic carbocycles. The Morgan fingerprint density at radius 1 is 1.27 bits per heavy atom. The molecule has 1 amide bonds. The van der Waals surface area contributed by atoms with E-state index >= 15 is 0 Å². The van der Waals surface area contributed by atoms with Gasteiger partial charge in [0.15, 0.2) is 17.4 Å². The molecule has 0 bridgehead atoms. The largest absolute Gasteiger partial charge is 0.475 e. The predicted molar refractivity (Wildman–Crippen MR) is 90.6 cm³/mol. The molecule has 1 aromatic rings. The molecule has 0 unspecified atom stereocenters. The highest BCUT2D eigenvalue weighted by molar-refractivity contribution is 5.94. The van der Waals surface area contributed by atoms with Gasteiger partial charge < -0.3 is 14.8 Å². The van der Waals surface area contributed by atoms with Gasteiger partial charge in [-0.05, 0) is 31.9 Å². The third-order valence-corrected chi connectivity index (χ3v) is 4.42. The molecule has 5 nitrogen and oxygen atoms in total. The molecule has 1 N–H and O–H groups in total. The molecule has 26 heavy (non-hydrogen) atoms. The van der Waals surface area contributed by atoms with Crippen molar-refractivity contribution in [3.8, 4) is 18.1 Å². The third-order valence-electron chi connectivity index (χ3n) is 4.42. The molecule has 0 radical (unpaired) electrons. The van der Waals surface area contributed by atoms with Gasteiger partial charge in [-0.3, -0.25) is 9.59 Å². The van der Waals surface area contributed by atoms with Crippen LogP contribution >= 0.6 is 0 Å². The second kappa shape index (κ2) is 8.65. The van der Waals surface area contributed by atoms with Crippen molar-refractivity contribution in [3.05, 3.63) is 29.3 Å². The monoisotopic (exact) mass is 365 g/mol. The van der Waals surface area contributed by atoms with Crippen LogP contribution in [0, 0.1) is 29.4 Å². The van der Waals surface area contributed by atoms with Crippen LogP contribution in [0.25, 0.3) is 0 Å². The molecule has 0 saturated heterocycles. The first-order valence-electron chi connectivity index (χ1n) is 8.44. The standard InChI is InChI=1S/C19H21F2NO4/c1-3-9-26-16-14(20)10-13(11-15(16)21)17(23)22-12-19(7-5-6-8-19)18(24)25-4-2/h1,10-11H,4-9,12H2,2H3,(H,22,23). The maximum absolute atomic E-state index is 14.0. The Kier molecular flexibility index (Phi) is 6.56. The Balaban J connectivity index is 2.10. The first-order valence-corrected chi connectivity index (χ1v) is 8.44. The number of esters is 1. The second-order valence-corrected chi connectivity index (χ2v) is 6.15. The van der Waals surface area contributed by atoms with E-state index in [1.807, 2.05) is 0 Å². The molecule has 140 valence electrons. The zero-order valence-corrected chi connectivity index (χ0v) is 14.6. The summed E-state index contributed by atoms with van der Waals surface area (Å²) < 4.78 is 37.8. The fraction of sp³-hybridized carbons (Fsp3) is 0.474. The molecule has 0 aromatic heterocycles. The van der Waals surface area contributed by atoms with E-state index < -0.39 is 28.7 Å². The number of carbonyl (C=O) groups excluding carboxylic acids is 2. The average Bonchev–Trinajstić information content (AvgIpc) is 3.09. The Morgan fingerprint density at radius 3 is 2.42 bits per heavy atom. The van der Waals surface area contributed by atoms with Crippen LogP contribution in [-0.2, 0) is 9.53 Å². The lowest BCUT2D eigenvalue weighted by Crippen LogP contribution is -2.42. The van der Waals surface area contributed by atoms with Gasteiger partial charge in [-0.2, -0.15) is 0 Å². The molecule has 0 aliphatic heterocycles. The maximum atomic E-state index is 14.0. The van der Waals surface area contributed by atoms with E-state index in [2.05, 4.69) is 11.2 Å². The van der Waals surface area contributed by atoms with Crippen molar-refractivity contribution in [2.24, 2.45) is 5.41 Å². The SMILES string of the molecule is C#CCOc1c(F)cc(C(=O)NCC2(C(=O)OCC)CCCC2)cc1F. The summed E-state index contributed by atoms with van der Waals surface area (Å²) in [5.74, 6) is -1.60. The predicted octanol–water partition coefficient (Wildman–Crippen LogP) is 2.83. The van der Waals surface area contributed by atoms with Crippen molar-refractivity contribution in [2.45, 2.75) is 32.6 Å². The van der Waals surface area contributed by atoms with Gasteiger partial charge in [0.05, 0.1) is 12.0 Å². The van der Waals surface area contributed by atoms with Crippen LogP contribution in [-0.4, -0.2) is 31.6 Å². The van der Waals surface area contributed by atoms with E-state index in [0.717, 1.165) is 25.0 Å². The number of terminal acetylenes is 1. The lowest BCUT2D eigenvalue weighted by Gasteiger charge is -2.26. The van der Waals surface area contributed by atoms with Crippen LogP contribution in [0.4, 0.5) is 8.78 Å². The van der Waals surface area contributed by atoms with Gasteiger partial charge in [0.2, 0.25) is 0 Å². The Bertz CT molecular complexity index is 698. The molecule has 2 rings (SSSR count). The van der Waals surface area contributed by atoms with Gasteiger partial charge in [0.1, 0.15) is 6.61 Å². The minimum absolute atomic E-state index is 0.0588. The van der Waals surface area contributed by atoms with Gasteiger partial charge in [0.25, 0.3) is 5.91 Å². The zero-order chi connectivity index (χ0) is 19.2. The summed E-state index contributed by atoms with van der Waals surface area (Å²) >= 11 is 0. The van der Waals surface area contributed by atoms with Crippen molar-refractivity contribution in [1.82, 2.24) is 5.32 Å². The van der Waals surface area contributed by atoms with Crippen molar-refractivity contribution < 1.29 is 27.8 Å². The molecular weight excluding hydrogens is 344 g/mol. The number of rotatable bonds is 7. The lowest BCUT2D eigenvalue weighted by atomic mass is 9.86. The summed E-state index contributed by atoms with van der Waals surface area (Å²) in [6, 6.07) is 1.74. The number of ether oxygens (including phenoxy) is 2. The second-order valence-electron chi connectivity index (χ2n) is 6.15. The molecular formula is C19H21F2NO4.